The maximum atomic E-state index is 12.6. The molecule has 4 rings (SSSR count). The Morgan fingerprint density at radius 3 is 2.42 bits per heavy atom. The summed E-state index contributed by atoms with van der Waals surface area (Å²) < 4.78 is 0. The van der Waals surface area contributed by atoms with Gasteiger partial charge in [0.15, 0.2) is 0 Å². The Balaban J connectivity index is 1.25. The maximum Gasteiger partial charge on any atom is 0.238 e. The molecule has 2 heterocycles. The molecule has 1 aliphatic rings. The Labute approximate surface area is 200 Å². The smallest absolute Gasteiger partial charge is 0.238 e. The minimum Gasteiger partial charge on any atom is -0.369 e. The second-order valence-corrected chi connectivity index (χ2v) is 9.41. The van der Waals surface area contributed by atoms with Crippen LogP contribution in [0.3, 0.4) is 0 Å². The van der Waals surface area contributed by atoms with Gasteiger partial charge in [-0.25, -0.2) is 0 Å². The van der Waals surface area contributed by atoms with Crippen LogP contribution < -0.4 is 10.2 Å². The number of anilines is 2. The fraction of sp³-hybridized carbons (Fsp3) is 0.296. The van der Waals surface area contributed by atoms with E-state index in [1.165, 1.54) is 16.1 Å². The minimum atomic E-state index is -0.00400. The number of hydrogen-bond donors (Lipinski definition) is 1. The van der Waals surface area contributed by atoms with Gasteiger partial charge in [-0.1, -0.05) is 42.5 Å². The van der Waals surface area contributed by atoms with Gasteiger partial charge in [0.2, 0.25) is 5.91 Å². The van der Waals surface area contributed by atoms with Crippen molar-refractivity contribution >= 4 is 28.6 Å². The molecule has 0 atom stereocenters. The van der Waals surface area contributed by atoms with Crippen LogP contribution in [0.15, 0.2) is 84.8 Å². The van der Waals surface area contributed by atoms with E-state index in [-0.39, 0.29) is 5.91 Å². The zero-order chi connectivity index (χ0) is 22.9. The van der Waals surface area contributed by atoms with Crippen molar-refractivity contribution in [2.75, 3.05) is 49.5 Å². The standard InChI is InChI=1S/C27H32N4OS/c1-2-14-30(21-26-9-6-19-33-26)22-27(32)28-24-10-12-25(13-11-24)31-17-15-29(16-18-31)20-23-7-4-3-5-8-23/h2-13,19H,1,14-18,20-22H2,(H,28,32). The number of amides is 1. The van der Waals surface area contributed by atoms with E-state index in [0.717, 1.165) is 45.0 Å². The molecule has 0 spiro atoms. The van der Waals surface area contributed by atoms with Crippen LogP contribution in [0.1, 0.15) is 10.4 Å². The number of piperazine rings is 1. The molecule has 0 radical (unpaired) electrons. The monoisotopic (exact) mass is 460 g/mol. The van der Waals surface area contributed by atoms with Crippen molar-refractivity contribution in [1.82, 2.24) is 9.80 Å². The van der Waals surface area contributed by atoms with Crippen LogP contribution >= 0.6 is 11.3 Å². The third-order valence-electron chi connectivity index (χ3n) is 5.85. The van der Waals surface area contributed by atoms with Gasteiger partial charge in [0.1, 0.15) is 0 Å². The Kier molecular flexibility index (Phi) is 8.30. The number of benzene rings is 2. The summed E-state index contributed by atoms with van der Waals surface area (Å²) in [5.74, 6) is -0.00400. The Hall–Kier alpha value is -2.93. The molecule has 0 unspecified atom stereocenters. The Morgan fingerprint density at radius 2 is 1.76 bits per heavy atom. The zero-order valence-corrected chi connectivity index (χ0v) is 19.8. The first-order chi connectivity index (χ1) is 16.2. The van der Waals surface area contributed by atoms with Crippen molar-refractivity contribution in [3.05, 3.63) is 95.2 Å². The molecule has 5 nitrogen and oxygen atoms in total. The molecule has 1 N–H and O–H groups in total. The molecule has 3 aromatic rings. The molecule has 1 aromatic heterocycles. The van der Waals surface area contributed by atoms with Crippen molar-refractivity contribution < 1.29 is 4.79 Å². The van der Waals surface area contributed by atoms with Gasteiger partial charge in [0.25, 0.3) is 0 Å². The number of carbonyl (C=O) groups is 1. The van der Waals surface area contributed by atoms with Crippen LogP contribution in [-0.4, -0.2) is 55.0 Å². The third kappa shape index (κ3) is 7.02. The van der Waals surface area contributed by atoms with Crippen LogP contribution in [0, 0.1) is 0 Å². The number of carbonyl (C=O) groups excluding carboxylic acids is 1. The van der Waals surface area contributed by atoms with E-state index in [2.05, 4.69) is 80.5 Å². The third-order valence-corrected chi connectivity index (χ3v) is 6.71. The summed E-state index contributed by atoms with van der Waals surface area (Å²) in [7, 11) is 0. The highest BCUT2D eigenvalue weighted by Crippen LogP contribution is 2.20. The van der Waals surface area contributed by atoms with Crippen LogP contribution in [0.4, 0.5) is 11.4 Å². The normalized spacial score (nSPS) is 14.4. The fourth-order valence-electron chi connectivity index (χ4n) is 4.16. The van der Waals surface area contributed by atoms with Gasteiger partial charge in [-0.05, 0) is 41.3 Å². The molecule has 1 amide bonds. The quantitative estimate of drug-likeness (QED) is 0.445. The van der Waals surface area contributed by atoms with Crippen LogP contribution in [0.25, 0.3) is 0 Å². The summed E-state index contributed by atoms with van der Waals surface area (Å²) in [5, 5.41) is 5.10. The van der Waals surface area contributed by atoms with Gasteiger partial charge >= 0.3 is 0 Å². The second kappa shape index (κ2) is 11.8. The minimum absolute atomic E-state index is 0.00400. The summed E-state index contributed by atoms with van der Waals surface area (Å²) in [4.78, 5) is 20.9. The summed E-state index contributed by atoms with van der Waals surface area (Å²) in [6.07, 6.45) is 1.84. The number of rotatable bonds is 10. The number of hydrogen-bond acceptors (Lipinski definition) is 5. The van der Waals surface area contributed by atoms with E-state index in [0.29, 0.717) is 13.1 Å². The maximum absolute atomic E-state index is 12.6. The van der Waals surface area contributed by atoms with Crippen molar-refractivity contribution in [3.8, 4) is 0 Å². The van der Waals surface area contributed by atoms with E-state index >= 15 is 0 Å². The van der Waals surface area contributed by atoms with Gasteiger partial charge in [-0.3, -0.25) is 14.6 Å². The largest absolute Gasteiger partial charge is 0.369 e. The van der Waals surface area contributed by atoms with Gasteiger partial charge in [-0.15, -0.1) is 17.9 Å². The van der Waals surface area contributed by atoms with E-state index in [9.17, 15) is 4.79 Å². The Bertz CT molecular complexity index is 996. The molecule has 0 aliphatic carbocycles. The van der Waals surface area contributed by atoms with E-state index < -0.39 is 0 Å². The highest BCUT2D eigenvalue weighted by molar-refractivity contribution is 7.09. The highest BCUT2D eigenvalue weighted by Gasteiger charge is 2.17. The molecule has 172 valence electrons. The van der Waals surface area contributed by atoms with Crippen LogP contribution in [0.2, 0.25) is 0 Å². The molecule has 33 heavy (non-hydrogen) atoms. The van der Waals surface area contributed by atoms with Crippen molar-refractivity contribution in [3.63, 3.8) is 0 Å². The molecule has 6 heteroatoms. The van der Waals surface area contributed by atoms with Gasteiger partial charge in [0.05, 0.1) is 6.54 Å². The molecule has 1 aliphatic heterocycles. The summed E-state index contributed by atoms with van der Waals surface area (Å²) >= 11 is 1.71. The molecule has 1 saturated heterocycles. The predicted octanol–water partition coefficient (Wildman–Crippen LogP) is 4.70. The molecule has 2 aromatic carbocycles. The molecule has 0 bridgehead atoms. The highest BCUT2D eigenvalue weighted by atomic mass is 32.1. The first-order valence-corrected chi connectivity index (χ1v) is 12.3. The molecule has 1 fully saturated rings. The lowest BCUT2D eigenvalue weighted by molar-refractivity contribution is -0.117. The van der Waals surface area contributed by atoms with Crippen molar-refractivity contribution in [2.45, 2.75) is 13.1 Å². The number of nitrogens with zero attached hydrogens (tertiary/aromatic N) is 3. The summed E-state index contributed by atoms with van der Waals surface area (Å²) in [6.45, 7) is 10.7. The SMILES string of the molecule is C=CCN(CC(=O)Nc1ccc(N2CCN(Cc3ccccc3)CC2)cc1)Cc1cccs1. The average molecular weight is 461 g/mol. The number of nitrogens with one attached hydrogen (secondary N) is 1. The molecular formula is C27H32N4OS. The summed E-state index contributed by atoms with van der Waals surface area (Å²) in [5.41, 5.74) is 3.41. The lowest BCUT2D eigenvalue weighted by Crippen LogP contribution is -2.45. The fourth-order valence-corrected chi connectivity index (χ4v) is 4.90. The van der Waals surface area contributed by atoms with E-state index in [4.69, 9.17) is 0 Å². The van der Waals surface area contributed by atoms with Crippen LogP contribution in [-0.2, 0) is 17.9 Å². The predicted molar refractivity (Wildman–Crippen MR) is 139 cm³/mol. The molecular weight excluding hydrogens is 428 g/mol. The average Bonchev–Trinajstić information content (AvgIpc) is 3.34. The van der Waals surface area contributed by atoms with Crippen molar-refractivity contribution in [1.29, 1.82) is 0 Å². The lowest BCUT2D eigenvalue weighted by atomic mass is 10.2. The topological polar surface area (TPSA) is 38.8 Å². The lowest BCUT2D eigenvalue weighted by Gasteiger charge is -2.36. The van der Waals surface area contributed by atoms with Gasteiger partial charge in [-0.2, -0.15) is 0 Å². The summed E-state index contributed by atoms with van der Waals surface area (Å²) in [6, 6.07) is 23.0. The van der Waals surface area contributed by atoms with Gasteiger partial charge in [0, 0.05) is 62.1 Å². The van der Waals surface area contributed by atoms with E-state index in [1.54, 1.807) is 11.3 Å². The first kappa shape index (κ1) is 23.2. The zero-order valence-electron chi connectivity index (χ0n) is 19.0. The second-order valence-electron chi connectivity index (χ2n) is 8.38. The molecule has 0 saturated carbocycles. The Morgan fingerprint density at radius 1 is 1.00 bits per heavy atom. The van der Waals surface area contributed by atoms with E-state index in [1.807, 2.05) is 24.3 Å². The van der Waals surface area contributed by atoms with Gasteiger partial charge < -0.3 is 10.2 Å². The number of thiophene rings is 1. The van der Waals surface area contributed by atoms with Crippen LogP contribution in [0.5, 0.6) is 0 Å². The van der Waals surface area contributed by atoms with Crippen molar-refractivity contribution in [2.24, 2.45) is 0 Å². The first-order valence-electron chi connectivity index (χ1n) is 11.5.